The average molecular weight is 256 g/mol. The molecule has 0 aliphatic heterocycles. The molecule has 0 fully saturated rings. The molecule has 0 unspecified atom stereocenters. The molecular formula is C10H12N2O4S. The monoisotopic (exact) mass is 256 g/mol. The van der Waals surface area contributed by atoms with Crippen LogP contribution in [0.2, 0.25) is 0 Å². The summed E-state index contributed by atoms with van der Waals surface area (Å²) in [5, 5.41) is 19.8. The van der Waals surface area contributed by atoms with Crippen LogP contribution in [0, 0.1) is 10.1 Å². The molecule has 1 rings (SSSR count). The van der Waals surface area contributed by atoms with Crippen molar-refractivity contribution in [3.63, 3.8) is 0 Å². The normalized spacial score (nSPS) is 11.2. The molecule has 1 aromatic heterocycles. The lowest BCUT2D eigenvalue weighted by atomic mass is 10.2. The van der Waals surface area contributed by atoms with E-state index in [-0.39, 0.29) is 21.0 Å². The van der Waals surface area contributed by atoms with E-state index in [0.717, 1.165) is 12.3 Å². The molecule has 0 aliphatic carbocycles. The number of thioether (sulfide) groups is 1. The van der Waals surface area contributed by atoms with Gasteiger partial charge in [-0.25, -0.2) is 9.78 Å². The number of rotatable bonds is 3. The standard InChI is InChI=1S/C10H12N2O4S/c1-10(2,3)17-8-7(9(13)14)4-6(5-11-8)12(15)16/h4-5H,1-3H3,(H,13,14). The van der Waals surface area contributed by atoms with Gasteiger partial charge < -0.3 is 5.11 Å². The van der Waals surface area contributed by atoms with Crippen LogP contribution in [0.3, 0.4) is 0 Å². The van der Waals surface area contributed by atoms with Crippen LogP contribution in [-0.4, -0.2) is 25.7 Å². The smallest absolute Gasteiger partial charge is 0.338 e. The Kier molecular flexibility index (Phi) is 3.72. The lowest BCUT2D eigenvalue weighted by Crippen LogP contribution is -2.11. The third kappa shape index (κ3) is 3.70. The van der Waals surface area contributed by atoms with Crippen molar-refractivity contribution >= 4 is 23.4 Å². The van der Waals surface area contributed by atoms with Gasteiger partial charge >= 0.3 is 5.97 Å². The van der Waals surface area contributed by atoms with Crippen molar-refractivity contribution in [3.8, 4) is 0 Å². The Labute approximate surface area is 102 Å². The molecule has 0 atom stereocenters. The SMILES string of the molecule is CC(C)(C)Sc1ncc([N+](=O)[O-])cc1C(=O)O. The third-order valence-corrected chi connectivity index (χ3v) is 2.81. The number of carboxylic acids is 1. The second-order valence-corrected chi connectivity index (χ2v) is 6.14. The Morgan fingerprint density at radius 2 is 2.12 bits per heavy atom. The van der Waals surface area contributed by atoms with Crippen LogP contribution in [0.5, 0.6) is 0 Å². The van der Waals surface area contributed by atoms with Crippen LogP contribution < -0.4 is 0 Å². The Morgan fingerprint density at radius 1 is 1.53 bits per heavy atom. The summed E-state index contributed by atoms with van der Waals surface area (Å²) in [6.45, 7) is 5.73. The molecule has 1 heterocycles. The van der Waals surface area contributed by atoms with Crippen molar-refractivity contribution in [1.82, 2.24) is 4.98 Å². The van der Waals surface area contributed by atoms with E-state index < -0.39 is 10.9 Å². The number of carboxylic acid groups (broad SMARTS) is 1. The Balaban J connectivity index is 3.23. The molecule has 0 spiro atoms. The first-order valence-corrected chi connectivity index (χ1v) is 5.59. The predicted molar refractivity (Wildman–Crippen MR) is 63.5 cm³/mol. The van der Waals surface area contributed by atoms with E-state index in [0.29, 0.717) is 0 Å². The number of carbonyl (C=O) groups is 1. The van der Waals surface area contributed by atoms with Crippen molar-refractivity contribution < 1.29 is 14.8 Å². The highest BCUT2D eigenvalue weighted by atomic mass is 32.2. The molecule has 0 amide bonds. The second-order valence-electron chi connectivity index (χ2n) is 4.32. The van der Waals surface area contributed by atoms with Gasteiger partial charge in [-0.05, 0) is 0 Å². The van der Waals surface area contributed by atoms with E-state index in [2.05, 4.69) is 4.98 Å². The van der Waals surface area contributed by atoms with E-state index in [1.54, 1.807) is 0 Å². The van der Waals surface area contributed by atoms with Crippen molar-refractivity contribution in [2.75, 3.05) is 0 Å². The molecule has 0 radical (unpaired) electrons. The number of nitrogens with zero attached hydrogens (tertiary/aromatic N) is 2. The maximum Gasteiger partial charge on any atom is 0.338 e. The maximum absolute atomic E-state index is 11.0. The quantitative estimate of drug-likeness (QED) is 0.507. The zero-order chi connectivity index (χ0) is 13.2. The zero-order valence-electron chi connectivity index (χ0n) is 9.63. The van der Waals surface area contributed by atoms with Crippen LogP contribution in [0.1, 0.15) is 31.1 Å². The number of aromatic nitrogens is 1. The van der Waals surface area contributed by atoms with Crippen molar-refractivity contribution in [2.24, 2.45) is 0 Å². The fourth-order valence-electron chi connectivity index (χ4n) is 1.07. The first kappa shape index (κ1) is 13.4. The molecule has 1 N–H and O–H groups in total. The molecule has 0 saturated heterocycles. The molecule has 0 aliphatic rings. The average Bonchev–Trinajstić information content (AvgIpc) is 2.14. The molecule has 0 aromatic carbocycles. The largest absolute Gasteiger partial charge is 0.478 e. The molecule has 6 nitrogen and oxygen atoms in total. The maximum atomic E-state index is 11.0. The first-order chi connectivity index (χ1) is 7.70. The number of hydrogen-bond acceptors (Lipinski definition) is 5. The predicted octanol–water partition coefficient (Wildman–Crippen LogP) is 2.58. The summed E-state index contributed by atoms with van der Waals surface area (Å²) in [7, 11) is 0. The number of pyridine rings is 1. The van der Waals surface area contributed by atoms with Crippen molar-refractivity contribution in [1.29, 1.82) is 0 Å². The number of aromatic carboxylic acids is 1. The number of nitro groups is 1. The van der Waals surface area contributed by atoms with Gasteiger partial charge in [-0.3, -0.25) is 10.1 Å². The topological polar surface area (TPSA) is 93.3 Å². The van der Waals surface area contributed by atoms with Gasteiger partial charge in [0, 0.05) is 10.8 Å². The lowest BCUT2D eigenvalue weighted by Gasteiger charge is -2.17. The molecule has 92 valence electrons. The van der Waals surface area contributed by atoms with Gasteiger partial charge in [0.25, 0.3) is 5.69 Å². The molecule has 1 aromatic rings. The van der Waals surface area contributed by atoms with Crippen LogP contribution in [0.25, 0.3) is 0 Å². The highest BCUT2D eigenvalue weighted by molar-refractivity contribution is 8.00. The minimum Gasteiger partial charge on any atom is -0.478 e. The van der Waals surface area contributed by atoms with E-state index in [9.17, 15) is 14.9 Å². The summed E-state index contributed by atoms with van der Waals surface area (Å²) >= 11 is 1.26. The van der Waals surface area contributed by atoms with Gasteiger partial charge in [0.2, 0.25) is 0 Å². The van der Waals surface area contributed by atoms with Crippen molar-refractivity contribution in [2.45, 2.75) is 30.5 Å². The van der Waals surface area contributed by atoms with E-state index in [1.165, 1.54) is 11.8 Å². The lowest BCUT2D eigenvalue weighted by molar-refractivity contribution is -0.385. The Bertz CT molecular complexity index is 468. The minimum absolute atomic E-state index is 0.140. The molecule has 0 bridgehead atoms. The zero-order valence-corrected chi connectivity index (χ0v) is 10.4. The summed E-state index contributed by atoms with van der Waals surface area (Å²) in [6, 6.07) is 1.03. The summed E-state index contributed by atoms with van der Waals surface area (Å²) in [6.07, 6.45) is 1.07. The van der Waals surface area contributed by atoms with Crippen LogP contribution in [0.15, 0.2) is 17.3 Å². The van der Waals surface area contributed by atoms with E-state index in [4.69, 9.17) is 5.11 Å². The fraction of sp³-hybridized carbons (Fsp3) is 0.400. The summed E-state index contributed by atoms with van der Waals surface area (Å²) in [4.78, 5) is 24.7. The van der Waals surface area contributed by atoms with Gasteiger partial charge in [0.1, 0.15) is 11.2 Å². The van der Waals surface area contributed by atoms with E-state index >= 15 is 0 Å². The highest BCUT2D eigenvalue weighted by Gasteiger charge is 2.22. The molecular weight excluding hydrogens is 244 g/mol. The van der Waals surface area contributed by atoms with Gasteiger partial charge in [-0.1, -0.05) is 32.5 Å². The Morgan fingerprint density at radius 3 is 2.53 bits per heavy atom. The summed E-state index contributed by atoms with van der Waals surface area (Å²) < 4.78 is -0.215. The van der Waals surface area contributed by atoms with Gasteiger partial charge in [0.05, 0.1) is 10.5 Å². The summed E-state index contributed by atoms with van der Waals surface area (Å²) in [5.74, 6) is -1.21. The molecule has 7 heteroatoms. The second kappa shape index (κ2) is 4.70. The van der Waals surface area contributed by atoms with E-state index in [1.807, 2.05) is 20.8 Å². The van der Waals surface area contributed by atoms with Crippen molar-refractivity contribution in [3.05, 3.63) is 27.9 Å². The highest BCUT2D eigenvalue weighted by Crippen LogP contribution is 2.33. The minimum atomic E-state index is -1.21. The van der Waals surface area contributed by atoms with Gasteiger partial charge in [-0.2, -0.15) is 0 Å². The molecule has 0 saturated carbocycles. The first-order valence-electron chi connectivity index (χ1n) is 4.77. The van der Waals surface area contributed by atoms with Gasteiger partial charge in [-0.15, -0.1) is 0 Å². The van der Waals surface area contributed by atoms with Crippen LogP contribution in [-0.2, 0) is 0 Å². The number of hydrogen-bond donors (Lipinski definition) is 1. The third-order valence-electron chi connectivity index (χ3n) is 1.68. The van der Waals surface area contributed by atoms with Gasteiger partial charge in [0.15, 0.2) is 0 Å². The fourth-order valence-corrected chi connectivity index (χ4v) is 2.01. The van der Waals surface area contributed by atoms with Crippen LogP contribution in [0.4, 0.5) is 5.69 Å². The summed E-state index contributed by atoms with van der Waals surface area (Å²) in [5.41, 5.74) is -0.459. The molecule has 17 heavy (non-hydrogen) atoms. The Hall–Kier alpha value is -1.63. The van der Waals surface area contributed by atoms with Crippen LogP contribution >= 0.6 is 11.8 Å².